The molecule has 1 amide bonds. The molecular weight excluding hydrogens is 236 g/mol. The maximum atomic E-state index is 12.0. The first-order valence-corrected chi connectivity index (χ1v) is 7.24. The van der Waals surface area contributed by atoms with Crippen molar-refractivity contribution in [3.63, 3.8) is 0 Å². The molecule has 2 N–H and O–H groups in total. The van der Waals surface area contributed by atoms with Crippen molar-refractivity contribution in [2.45, 2.75) is 38.6 Å². The minimum absolute atomic E-state index is 0.0172. The van der Waals surface area contributed by atoms with Crippen molar-refractivity contribution < 1.29 is 4.79 Å². The molecule has 1 fully saturated rings. The van der Waals surface area contributed by atoms with Gasteiger partial charge in [-0.3, -0.25) is 4.79 Å². The minimum atomic E-state index is 0.0172. The van der Waals surface area contributed by atoms with Crippen LogP contribution in [-0.2, 0) is 4.79 Å². The van der Waals surface area contributed by atoms with Crippen molar-refractivity contribution in [2.24, 2.45) is 5.92 Å². The topological polar surface area (TPSA) is 41.1 Å². The Hall–Kier alpha value is -1.35. The Morgan fingerprint density at radius 1 is 1.37 bits per heavy atom. The second kappa shape index (κ2) is 6.71. The number of carbonyl (C=O) groups is 1. The van der Waals surface area contributed by atoms with Crippen LogP contribution in [0.25, 0.3) is 0 Å². The predicted octanol–water partition coefficient (Wildman–Crippen LogP) is 2.29. The Morgan fingerprint density at radius 2 is 2.11 bits per heavy atom. The molecule has 3 nitrogen and oxygen atoms in total. The molecule has 0 radical (unpaired) electrons. The Balaban J connectivity index is 1.92. The molecule has 0 aromatic heterocycles. The smallest absolute Gasteiger partial charge is 0.237 e. The highest BCUT2D eigenvalue weighted by atomic mass is 16.2. The SMILES string of the molecule is CC(C)C(CNC(=O)C1CCCN1)c1ccccc1. The fourth-order valence-electron chi connectivity index (χ4n) is 2.68. The van der Waals surface area contributed by atoms with E-state index in [1.807, 2.05) is 6.07 Å². The standard InChI is InChI=1S/C16H24N2O/c1-12(2)14(13-7-4-3-5-8-13)11-18-16(19)15-9-6-10-17-15/h3-5,7-8,12,14-15,17H,6,9-11H2,1-2H3,(H,18,19). The molecule has 2 unspecified atom stereocenters. The normalized spacial score (nSPS) is 20.5. The molecule has 19 heavy (non-hydrogen) atoms. The van der Waals surface area contributed by atoms with E-state index in [4.69, 9.17) is 0 Å². The fraction of sp³-hybridized carbons (Fsp3) is 0.562. The zero-order valence-corrected chi connectivity index (χ0v) is 11.9. The van der Waals surface area contributed by atoms with E-state index < -0.39 is 0 Å². The summed E-state index contributed by atoms with van der Waals surface area (Å²) in [5.74, 6) is 1.05. The lowest BCUT2D eigenvalue weighted by atomic mass is 9.88. The second-order valence-electron chi connectivity index (χ2n) is 5.66. The van der Waals surface area contributed by atoms with E-state index in [1.54, 1.807) is 0 Å². The van der Waals surface area contributed by atoms with Crippen LogP contribution >= 0.6 is 0 Å². The molecule has 1 saturated heterocycles. The molecule has 0 bridgehead atoms. The number of rotatable bonds is 5. The summed E-state index contributed by atoms with van der Waals surface area (Å²) >= 11 is 0. The number of carbonyl (C=O) groups excluding carboxylic acids is 1. The predicted molar refractivity (Wildman–Crippen MR) is 78.1 cm³/mol. The number of benzene rings is 1. The van der Waals surface area contributed by atoms with Crippen molar-refractivity contribution >= 4 is 5.91 Å². The molecule has 0 spiro atoms. The van der Waals surface area contributed by atoms with E-state index >= 15 is 0 Å². The molecular formula is C16H24N2O. The van der Waals surface area contributed by atoms with Gasteiger partial charge in [0, 0.05) is 12.5 Å². The van der Waals surface area contributed by atoms with Gasteiger partial charge < -0.3 is 10.6 Å². The van der Waals surface area contributed by atoms with Crippen LogP contribution in [0.4, 0.5) is 0 Å². The lowest BCUT2D eigenvalue weighted by Gasteiger charge is -2.23. The van der Waals surface area contributed by atoms with Crippen molar-refractivity contribution in [3.05, 3.63) is 35.9 Å². The van der Waals surface area contributed by atoms with E-state index in [9.17, 15) is 4.79 Å². The lowest BCUT2D eigenvalue weighted by molar-refractivity contribution is -0.122. The van der Waals surface area contributed by atoms with E-state index in [0.717, 1.165) is 25.9 Å². The van der Waals surface area contributed by atoms with Gasteiger partial charge in [-0.05, 0) is 30.9 Å². The first-order chi connectivity index (χ1) is 9.18. The highest BCUT2D eigenvalue weighted by Gasteiger charge is 2.23. The van der Waals surface area contributed by atoms with Crippen LogP contribution in [0.1, 0.15) is 38.2 Å². The van der Waals surface area contributed by atoms with Gasteiger partial charge in [0.15, 0.2) is 0 Å². The van der Waals surface area contributed by atoms with Crippen LogP contribution in [-0.4, -0.2) is 25.0 Å². The van der Waals surface area contributed by atoms with Crippen LogP contribution in [0.5, 0.6) is 0 Å². The Morgan fingerprint density at radius 3 is 2.68 bits per heavy atom. The quantitative estimate of drug-likeness (QED) is 0.853. The molecule has 1 aliphatic heterocycles. The Labute approximate surface area is 115 Å². The zero-order valence-electron chi connectivity index (χ0n) is 11.9. The van der Waals surface area contributed by atoms with Gasteiger partial charge in [0.25, 0.3) is 0 Å². The Kier molecular flexibility index (Phi) is 4.97. The monoisotopic (exact) mass is 260 g/mol. The van der Waals surface area contributed by atoms with E-state index in [2.05, 4.69) is 48.7 Å². The first-order valence-electron chi connectivity index (χ1n) is 7.24. The third-order valence-electron chi connectivity index (χ3n) is 3.91. The van der Waals surface area contributed by atoms with Gasteiger partial charge in [-0.1, -0.05) is 44.2 Å². The van der Waals surface area contributed by atoms with Crippen molar-refractivity contribution in [3.8, 4) is 0 Å². The average Bonchev–Trinajstić information content (AvgIpc) is 2.93. The molecule has 1 heterocycles. The van der Waals surface area contributed by atoms with Gasteiger partial charge >= 0.3 is 0 Å². The Bertz CT molecular complexity index is 396. The van der Waals surface area contributed by atoms with Gasteiger partial charge in [0.1, 0.15) is 0 Å². The number of hydrogen-bond acceptors (Lipinski definition) is 2. The third-order valence-corrected chi connectivity index (χ3v) is 3.91. The summed E-state index contributed by atoms with van der Waals surface area (Å²) in [5, 5.41) is 6.34. The molecule has 1 aliphatic rings. The van der Waals surface area contributed by atoms with Crippen LogP contribution in [0.2, 0.25) is 0 Å². The molecule has 2 rings (SSSR count). The van der Waals surface area contributed by atoms with Crippen molar-refractivity contribution in [1.29, 1.82) is 0 Å². The maximum absolute atomic E-state index is 12.0. The highest BCUT2D eigenvalue weighted by molar-refractivity contribution is 5.82. The summed E-state index contributed by atoms with van der Waals surface area (Å²) in [4.78, 5) is 12.0. The molecule has 104 valence electrons. The van der Waals surface area contributed by atoms with E-state index in [0.29, 0.717) is 11.8 Å². The molecule has 0 saturated carbocycles. The summed E-state index contributed by atoms with van der Waals surface area (Å²) in [6.45, 7) is 6.10. The lowest BCUT2D eigenvalue weighted by Crippen LogP contribution is -2.42. The van der Waals surface area contributed by atoms with Gasteiger partial charge in [-0.15, -0.1) is 0 Å². The average molecular weight is 260 g/mol. The van der Waals surface area contributed by atoms with E-state index in [1.165, 1.54) is 5.56 Å². The maximum Gasteiger partial charge on any atom is 0.237 e. The second-order valence-corrected chi connectivity index (χ2v) is 5.66. The van der Waals surface area contributed by atoms with Gasteiger partial charge in [0.2, 0.25) is 5.91 Å². The fourth-order valence-corrected chi connectivity index (χ4v) is 2.68. The van der Waals surface area contributed by atoms with Crippen LogP contribution < -0.4 is 10.6 Å². The summed E-state index contributed by atoms with van der Waals surface area (Å²) < 4.78 is 0. The van der Waals surface area contributed by atoms with E-state index in [-0.39, 0.29) is 11.9 Å². The summed E-state index contributed by atoms with van der Waals surface area (Å²) in [6.07, 6.45) is 2.06. The summed E-state index contributed by atoms with van der Waals surface area (Å²) in [7, 11) is 0. The molecule has 1 aromatic carbocycles. The van der Waals surface area contributed by atoms with Crippen LogP contribution in [0.3, 0.4) is 0 Å². The summed E-state index contributed by atoms with van der Waals surface area (Å²) in [5.41, 5.74) is 1.30. The highest BCUT2D eigenvalue weighted by Crippen LogP contribution is 2.23. The third kappa shape index (κ3) is 3.80. The summed E-state index contributed by atoms with van der Waals surface area (Å²) in [6, 6.07) is 10.5. The van der Waals surface area contributed by atoms with Crippen molar-refractivity contribution in [1.82, 2.24) is 10.6 Å². The van der Waals surface area contributed by atoms with Crippen LogP contribution in [0, 0.1) is 5.92 Å². The zero-order chi connectivity index (χ0) is 13.7. The van der Waals surface area contributed by atoms with Gasteiger partial charge in [0.05, 0.1) is 6.04 Å². The largest absolute Gasteiger partial charge is 0.354 e. The minimum Gasteiger partial charge on any atom is -0.354 e. The number of amides is 1. The molecule has 3 heteroatoms. The molecule has 1 aromatic rings. The molecule has 2 atom stereocenters. The van der Waals surface area contributed by atoms with Gasteiger partial charge in [-0.2, -0.15) is 0 Å². The number of hydrogen-bond donors (Lipinski definition) is 2. The van der Waals surface area contributed by atoms with Gasteiger partial charge in [-0.25, -0.2) is 0 Å². The van der Waals surface area contributed by atoms with Crippen molar-refractivity contribution in [2.75, 3.05) is 13.1 Å². The first kappa shape index (κ1) is 14.1. The van der Waals surface area contributed by atoms with Crippen LogP contribution in [0.15, 0.2) is 30.3 Å². The molecule has 0 aliphatic carbocycles. The number of nitrogens with one attached hydrogen (secondary N) is 2.